The van der Waals surface area contributed by atoms with E-state index in [0.717, 1.165) is 48.1 Å². The molecule has 2 fully saturated rings. The first-order valence-corrected chi connectivity index (χ1v) is 12.4. The molecular weight excluding hydrogens is 448 g/mol. The van der Waals surface area contributed by atoms with Crippen LogP contribution in [-0.2, 0) is 16.1 Å². The van der Waals surface area contributed by atoms with Gasteiger partial charge in [-0.15, -0.1) is 0 Å². The van der Waals surface area contributed by atoms with Crippen LogP contribution in [0, 0.1) is 5.92 Å². The van der Waals surface area contributed by atoms with E-state index in [9.17, 15) is 14.7 Å². The third-order valence-electron chi connectivity index (χ3n) is 7.04. The molecule has 8 nitrogen and oxygen atoms in total. The Bertz CT molecular complexity index is 1070. The van der Waals surface area contributed by atoms with Crippen LogP contribution in [0.5, 0.6) is 5.75 Å². The molecule has 3 aliphatic rings. The highest BCUT2D eigenvalue weighted by Gasteiger charge is 2.40. The lowest BCUT2D eigenvalue weighted by molar-refractivity contribution is -0.148. The summed E-state index contributed by atoms with van der Waals surface area (Å²) in [6.07, 6.45) is 2.55. The van der Waals surface area contributed by atoms with Gasteiger partial charge in [0.2, 0.25) is 6.29 Å². The van der Waals surface area contributed by atoms with Gasteiger partial charge in [0.05, 0.1) is 18.8 Å². The normalized spacial score (nSPS) is 21.0. The number of nitrogens with zero attached hydrogens (tertiary/aromatic N) is 1. The van der Waals surface area contributed by atoms with E-state index in [1.54, 1.807) is 17.0 Å². The Balaban J connectivity index is 1.17. The molecular formula is C27H32N2O6. The van der Waals surface area contributed by atoms with Gasteiger partial charge in [-0.2, -0.15) is 0 Å². The molecule has 2 aromatic rings. The summed E-state index contributed by atoms with van der Waals surface area (Å²) in [5, 5.41) is 12.7. The Kier molecular flexibility index (Phi) is 6.67. The third-order valence-corrected chi connectivity index (χ3v) is 7.04. The van der Waals surface area contributed by atoms with Crippen molar-refractivity contribution in [3.63, 3.8) is 0 Å². The maximum atomic E-state index is 12.3. The maximum absolute atomic E-state index is 12.3. The summed E-state index contributed by atoms with van der Waals surface area (Å²) in [5.41, 5.74) is 2.87. The number of carbonyl (C=O) groups is 2. The summed E-state index contributed by atoms with van der Waals surface area (Å²) >= 11 is 0. The van der Waals surface area contributed by atoms with Crippen molar-refractivity contribution in [2.24, 2.45) is 5.92 Å². The van der Waals surface area contributed by atoms with Gasteiger partial charge >= 0.3 is 6.09 Å². The van der Waals surface area contributed by atoms with E-state index in [-0.39, 0.29) is 24.2 Å². The van der Waals surface area contributed by atoms with Gasteiger partial charge in [-0.25, -0.2) is 4.79 Å². The fourth-order valence-corrected chi connectivity index (χ4v) is 4.60. The number of nitrogens with one attached hydrogen (secondary N) is 1. The molecule has 1 saturated heterocycles. The van der Waals surface area contributed by atoms with Crippen LogP contribution in [0.1, 0.15) is 48.5 Å². The van der Waals surface area contributed by atoms with Crippen molar-refractivity contribution in [2.45, 2.75) is 51.1 Å². The van der Waals surface area contributed by atoms with Crippen molar-refractivity contribution in [1.29, 1.82) is 0 Å². The van der Waals surface area contributed by atoms with Crippen LogP contribution >= 0.6 is 0 Å². The zero-order chi connectivity index (χ0) is 24.4. The Labute approximate surface area is 205 Å². The molecule has 0 aromatic heterocycles. The summed E-state index contributed by atoms with van der Waals surface area (Å²) in [5.74, 6) is 0.878. The average Bonchev–Trinajstić information content (AvgIpc) is 3.64. The molecule has 0 bridgehead atoms. The molecule has 5 rings (SSSR count). The van der Waals surface area contributed by atoms with E-state index in [0.29, 0.717) is 38.4 Å². The van der Waals surface area contributed by atoms with Crippen LogP contribution in [0.2, 0.25) is 0 Å². The standard InChI is InChI=1S/C27H32N2O6/c1-2-33-26(31)29-13-9-20(10-14-29)25-34-16-22-15-21(7-8-23(22)35-25)18-3-5-19(6-4-18)24(30)28-17-27(32)11-12-27/h3-8,15,20,25,32H,2,9-14,16-17H2,1H3,(H,28,30). The molecule has 0 spiro atoms. The molecule has 1 saturated carbocycles. The SMILES string of the molecule is CCOC(=O)N1CCC(C2OCc3cc(-c4ccc(C(=O)NCC5(O)CC5)cc4)ccc3O2)CC1. The highest BCUT2D eigenvalue weighted by molar-refractivity contribution is 5.94. The molecule has 1 unspecified atom stereocenters. The molecule has 0 radical (unpaired) electrons. The molecule has 2 aliphatic heterocycles. The molecule has 1 aliphatic carbocycles. The first-order chi connectivity index (χ1) is 16.9. The van der Waals surface area contributed by atoms with E-state index >= 15 is 0 Å². The number of piperidine rings is 1. The van der Waals surface area contributed by atoms with Gasteiger partial charge in [-0.1, -0.05) is 18.2 Å². The molecule has 2 aromatic carbocycles. The van der Waals surface area contributed by atoms with Crippen molar-refractivity contribution in [3.05, 3.63) is 53.6 Å². The Hall–Kier alpha value is -3.10. The largest absolute Gasteiger partial charge is 0.464 e. The van der Waals surface area contributed by atoms with Gasteiger partial charge in [0.1, 0.15) is 5.75 Å². The molecule has 35 heavy (non-hydrogen) atoms. The number of fused-ring (bicyclic) bond motifs is 1. The zero-order valence-corrected chi connectivity index (χ0v) is 20.0. The summed E-state index contributed by atoms with van der Waals surface area (Å²) in [6.45, 7) is 4.26. The molecule has 8 heteroatoms. The minimum Gasteiger partial charge on any atom is -0.464 e. The van der Waals surface area contributed by atoms with Crippen molar-refractivity contribution >= 4 is 12.0 Å². The van der Waals surface area contributed by atoms with E-state index in [4.69, 9.17) is 14.2 Å². The number of amides is 2. The van der Waals surface area contributed by atoms with Crippen LogP contribution in [-0.4, -0.2) is 60.1 Å². The lowest BCUT2D eigenvalue weighted by atomic mass is 9.95. The number of hydrogen-bond acceptors (Lipinski definition) is 6. The summed E-state index contributed by atoms with van der Waals surface area (Å²) < 4.78 is 17.3. The second-order valence-corrected chi connectivity index (χ2v) is 9.63. The summed E-state index contributed by atoms with van der Waals surface area (Å²) in [6, 6.07) is 13.5. The van der Waals surface area contributed by atoms with Gasteiger partial charge in [0.25, 0.3) is 5.91 Å². The average molecular weight is 481 g/mol. The van der Waals surface area contributed by atoms with Crippen LogP contribution in [0.15, 0.2) is 42.5 Å². The predicted octanol–water partition coefficient (Wildman–Crippen LogP) is 3.71. The maximum Gasteiger partial charge on any atom is 0.409 e. The number of ether oxygens (including phenoxy) is 3. The van der Waals surface area contributed by atoms with Crippen molar-refractivity contribution in [1.82, 2.24) is 10.2 Å². The van der Waals surface area contributed by atoms with Gasteiger partial charge in [-0.3, -0.25) is 4.79 Å². The Morgan fingerprint density at radius 3 is 2.51 bits per heavy atom. The fourth-order valence-electron chi connectivity index (χ4n) is 4.60. The van der Waals surface area contributed by atoms with E-state index in [2.05, 4.69) is 11.4 Å². The minimum absolute atomic E-state index is 0.178. The Morgan fingerprint density at radius 2 is 1.83 bits per heavy atom. The molecule has 2 heterocycles. The van der Waals surface area contributed by atoms with Gasteiger partial charge in [0.15, 0.2) is 0 Å². The van der Waals surface area contributed by atoms with Crippen molar-refractivity contribution in [2.75, 3.05) is 26.2 Å². The Morgan fingerprint density at radius 1 is 1.11 bits per heavy atom. The second kappa shape index (κ2) is 9.87. The lowest BCUT2D eigenvalue weighted by Crippen LogP contribution is -2.44. The first kappa shape index (κ1) is 23.6. The first-order valence-electron chi connectivity index (χ1n) is 12.4. The second-order valence-electron chi connectivity index (χ2n) is 9.63. The van der Waals surface area contributed by atoms with Crippen molar-refractivity contribution in [3.8, 4) is 16.9 Å². The third kappa shape index (κ3) is 5.44. The monoisotopic (exact) mass is 480 g/mol. The van der Waals surface area contributed by atoms with Crippen LogP contribution in [0.3, 0.4) is 0 Å². The highest BCUT2D eigenvalue weighted by Crippen LogP contribution is 2.35. The van der Waals surface area contributed by atoms with Gasteiger partial charge in [0, 0.05) is 36.7 Å². The van der Waals surface area contributed by atoms with Crippen LogP contribution in [0.4, 0.5) is 4.79 Å². The summed E-state index contributed by atoms with van der Waals surface area (Å²) in [4.78, 5) is 26.0. The minimum atomic E-state index is -0.706. The van der Waals surface area contributed by atoms with Crippen molar-refractivity contribution < 1.29 is 28.9 Å². The zero-order valence-electron chi connectivity index (χ0n) is 20.0. The highest BCUT2D eigenvalue weighted by atomic mass is 16.7. The number of rotatable bonds is 6. The van der Waals surface area contributed by atoms with Crippen LogP contribution < -0.4 is 10.1 Å². The number of carbonyl (C=O) groups excluding carboxylic acids is 2. The molecule has 2 N–H and O–H groups in total. The molecule has 1 atom stereocenters. The predicted molar refractivity (Wildman–Crippen MR) is 129 cm³/mol. The van der Waals surface area contributed by atoms with Gasteiger partial charge in [-0.05, 0) is 68.0 Å². The summed E-state index contributed by atoms with van der Waals surface area (Å²) in [7, 11) is 0. The number of likely N-dealkylation sites (tertiary alicyclic amines) is 1. The fraction of sp³-hybridized carbons (Fsp3) is 0.481. The lowest BCUT2D eigenvalue weighted by Gasteiger charge is -2.37. The number of benzene rings is 2. The quantitative estimate of drug-likeness (QED) is 0.654. The van der Waals surface area contributed by atoms with Crippen LogP contribution in [0.25, 0.3) is 11.1 Å². The van der Waals surface area contributed by atoms with E-state index < -0.39 is 5.60 Å². The van der Waals surface area contributed by atoms with Gasteiger partial charge < -0.3 is 29.5 Å². The smallest absolute Gasteiger partial charge is 0.409 e. The topological polar surface area (TPSA) is 97.3 Å². The molecule has 186 valence electrons. The molecule has 2 amide bonds. The number of aliphatic hydroxyl groups is 1. The number of hydrogen-bond donors (Lipinski definition) is 2. The van der Waals surface area contributed by atoms with E-state index in [1.165, 1.54) is 0 Å². The van der Waals surface area contributed by atoms with E-state index in [1.807, 2.05) is 31.2 Å².